The second-order valence-electron chi connectivity index (χ2n) is 5.56. The summed E-state index contributed by atoms with van der Waals surface area (Å²) in [5, 5.41) is 4.51. The maximum absolute atomic E-state index is 12.1. The van der Waals surface area contributed by atoms with Crippen LogP contribution in [-0.4, -0.2) is 37.5 Å². The van der Waals surface area contributed by atoms with Gasteiger partial charge in [0.25, 0.3) is 0 Å². The molecule has 0 spiro atoms. The highest BCUT2D eigenvalue weighted by Crippen LogP contribution is 2.33. The maximum Gasteiger partial charge on any atom is 0.182 e. The molecule has 1 saturated heterocycles. The molecule has 2 N–H and O–H groups in total. The normalized spacial score (nSPS) is 18.2. The predicted molar refractivity (Wildman–Crippen MR) is 80.8 cm³/mol. The molecule has 2 rings (SSSR count). The third-order valence-electron chi connectivity index (χ3n) is 3.92. The number of hydrogen-bond acceptors (Lipinski definition) is 5. The lowest BCUT2D eigenvalue weighted by molar-refractivity contribution is 0.480. The summed E-state index contributed by atoms with van der Waals surface area (Å²) in [6, 6.07) is 0.0917. The SMILES string of the molecule is CCC(C)n1nc(N2CCCCC2)c(S(C)(=O)=O)c1N. The van der Waals surface area contributed by atoms with Crippen molar-refractivity contribution in [1.82, 2.24) is 9.78 Å². The topological polar surface area (TPSA) is 81.2 Å². The van der Waals surface area contributed by atoms with Crippen LogP contribution in [0.3, 0.4) is 0 Å². The molecule has 0 radical (unpaired) electrons. The van der Waals surface area contributed by atoms with E-state index in [0.29, 0.717) is 5.82 Å². The Morgan fingerprint density at radius 2 is 1.90 bits per heavy atom. The standard InChI is InChI=1S/C13H24N4O2S/c1-4-10(2)17-12(14)11(20(3,18)19)13(15-17)16-8-6-5-7-9-16/h10H,4-9,14H2,1-3H3. The molecule has 7 heteroatoms. The Morgan fingerprint density at radius 1 is 1.30 bits per heavy atom. The van der Waals surface area contributed by atoms with Crippen LogP contribution < -0.4 is 10.6 Å². The molecule has 1 fully saturated rings. The first-order chi connectivity index (χ1) is 9.36. The van der Waals surface area contributed by atoms with Crippen LogP contribution in [0.25, 0.3) is 0 Å². The molecule has 0 saturated carbocycles. The Labute approximate surface area is 120 Å². The van der Waals surface area contributed by atoms with E-state index in [1.54, 1.807) is 4.68 Å². The van der Waals surface area contributed by atoms with Gasteiger partial charge in [-0.15, -0.1) is 0 Å². The zero-order valence-electron chi connectivity index (χ0n) is 12.5. The van der Waals surface area contributed by atoms with Crippen LogP contribution in [0.1, 0.15) is 45.6 Å². The van der Waals surface area contributed by atoms with Crippen LogP contribution in [0.15, 0.2) is 4.90 Å². The summed E-state index contributed by atoms with van der Waals surface area (Å²) in [6.45, 7) is 5.72. The van der Waals surface area contributed by atoms with Crippen molar-refractivity contribution in [3.8, 4) is 0 Å². The van der Waals surface area contributed by atoms with Gasteiger partial charge in [-0.05, 0) is 32.6 Å². The van der Waals surface area contributed by atoms with Gasteiger partial charge in [0, 0.05) is 19.3 Å². The fraction of sp³-hybridized carbons (Fsp3) is 0.769. The highest BCUT2D eigenvalue weighted by Gasteiger charge is 2.29. The van der Waals surface area contributed by atoms with Crippen LogP contribution in [0.2, 0.25) is 0 Å². The lowest BCUT2D eigenvalue weighted by Gasteiger charge is -2.27. The average Bonchev–Trinajstić information content (AvgIpc) is 2.76. The first kappa shape index (κ1) is 15.2. The molecule has 1 atom stereocenters. The van der Waals surface area contributed by atoms with E-state index in [-0.39, 0.29) is 16.8 Å². The number of hydrogen-bond donors (Lipinski definition) is 1. The van der Waals surface area contributed by atoms with Crippen molar-refractivity contribution in [3.05, 3.63) is 0 Å². The molecule has 0 aromatic carbocycles. The third-order valence-corrected chi connectivity index (χ3v) is 5.05. The van der Waals surface area contributed by atoms with E-state index in [0.717, 1.165) is 32.4 Å². The van der Waals surface area contributed by atoms with Gasteiger partial charge in [0.2, 0.25) is 0 Å². The molecule has 20 heavy (non-hydrogen) atoms. The molecule has 1 aliphatic rings. The molecule has 1 aromatic rings. The van der Waals surface area contributed by atoms with Gasteiger partial charge < -0.3 is 10.6 Å². The summed E-state index contributed by atoms with van der Waals surface area (Å²) in [4.78, 5) is 2.24. The summed E-state index contributed by atoms with van der Waals surface area (Å²) in [5.74, 6) is 0.799. The molecule has 114 valence electrons. The molecular formula is C13H24N4O2S. The Hall–Kier alpha value is -1.24. The smallest absolute Gasteiger partial charge is 0.182 e. The minimum Gasteiger partial charge on any atom is -0.383 e. The van der Waals surface area contributed by atoms with Crippen molar-refractivity contribution in [2.45, 2.75) is 50.5 Å². The Balaban J connectivity index is 2.54. The lowest BCUT2D eigenvalue weighted by atomic mass is 10.1. The van der Waals surface area contributed by atoms with Gasteiger partial charge in [-0.2, -0.15) is 5.10 Å². The van der Waals surface area contributed by atoms with E-state index in [9.17, 15) is 8.42 Å². The van der Waals surface area contributed by atoms with Crippen LogP contribution >= 0.6 is 0 Å². The average molecular weight is 300 g/mol. The zero-order valence-corrected chi connectivity index (χ0v) is 13.3. The Morgan fingerprint density at radius 3 is 2.40 bits per heavy atom. The van der Waals surface area contributed by atoms with E-state index in [4.69, 9.17) is 5.73 Å². The van der Waals surface area contributed by atoms with Crippen molar-refractivity contribution in [2.24, 2.45) is 0 Å². The molecule has 1 aliphatic heterocycles. The molecule has 6 nitrogen and oxygen atoms in total. The minimum atomic E-state index is -3.38. The summed E-state index contributed by atoms with van der Waals surface area (Å²) >= 11 is 0. The summed E-state index contributed by atoms with van der Waals surface area (Å²) in [5.41, 5.74) is 6.07. The molecule has 2 heterocycles. The third kappa shape index (κ3) is 2.77. The summed E-state index contributed by atoms with van der Waals surface area (Å²) < 4.78 is 25.8. The number of aromatic nitrogens is 2. The highest BCUT2D eigenvalue weighted by molar-refractivity contribution is 7.91. The second-order valence-corrected chi connectivity index (χ2v) is 7.51. The summed E-state index contributed by atoms with van der Waals surface area (Å²) in [6.07, 6.45) is 5.38. The van der Waals surface area contributed by atoms with Gasteiger partial charge >= 0.3 is 0 Å². The van der Waals surface area contributed by atoms with Gasteiger partial charge in [-0.3, -0.25) is 0 Å². The highest BCUT2D eigenvalue weighted by atomic mass is 32.2. The number of piperidine rings is 1. The van der Waals surface area contributed by atoms with Crippen molar-refractivity contribution in [2.75, 3.05) is 30.0 Å². The molecule has 1 aromatic heterocycles. The molecular weight excluding hydrogens is 276 g/mol. The first-order valence-electron chi connectivity index (χ1n) is 7.19. The molecule has 0 bridgehead atoms. The number of nitrogens with zero attached hydrogens (tertiary/aromatic N) is 3. The number of sulfone groups is 1. The van der Waals surface area contributed by atoms with Crippen LogP contribution in [0.4, 0.5) is 11.6 Å². The Kier molecular flexibility index (Phi) is 4.27. The van der Waals surface area contributed by atoms with E-state index >= 15 is 0 Å². The van der Waals surface area contributed by atoms with E-state index < -0.39 is 9.84 Å². The second kappa shape index (κ2) is 5.63. The molecule has 0 amide bonds. The minimum absolute atomic E-state index is 0.0917. The molecule has 1 unspecified atom stereocenters. The fourth-order valence-electron chi connectivity index (χ4n) is 2.60. The zero-order chi connectivity index (χ0) is 14.9. The number of rotatable bonds is 4. The van der Waals surface area contributed by atoms with Crippen LogP contribution in [0.5, 0.6) is 0 Å². The van der Waals surface area contributed by atoms with Gasteiger partial charge in [0.15, 0.2) is 20.6 Å². The number of nitrogens with two attached hydrogens (primary N) is 1. The first-order valence-corrected chi connectivity index (χ1v) is 9.08. The number of nitrogen functional groups attached to an aromatic ring is 1. The van der Waals surface area contributed by atoms with Crippen molar-refractivity contribution < 1.29 is 8.42 Å². The van der Waals surface area contributed by atoms with Gasteiger partial charge in [-0.1, -0.05) is 6.92 Å². The quantitative estimate of drug-likeness (QED) is 0.917. The van der Waals surface area contributed by atoms with Crippen molar-refractivity contribution in [1.29, 1.82) is 0 Å². The van der Waals surface area contributed by atoms with E-state index in [1.807, 2.05) is 13.8 Å². The van der Waals surface area contributed by atoms with Gasteiger partial charge in [0.05, 0.1) is 6.04 Å². The summed E-state index contributed by atoms with van der Waals surface area (Å²) in [7, 11) is -3.38. The monoisotopic (exact) mass is 300 g/mol. The largest absolute Gasteiger partial charge is 0.383 e. The van der Waals surface area contributed by atoms with Crippen molar-refractivity contribution >= 4 is 21.5 Å². The lowest BCUT2D eigenvalue weighted by Crippen LogP contribution is -2.31. The molecule has 0 aliphatic carbocycles. The fourth-order valence-corrected chi connectivity index (χ4v) is 3.57. The maximum atomic E-state index is 12.1. The predicted octanol–water partition coefficient (Wildman–Crippen LogP) is 1.83. The van der Waals surface area contributed by atoms with Gasteiger partial charge in [0.1, 0.15) is 5.82 Å². The van der Waals surface area contributed by atoms with Crippen molar-refractivity contribution in [3.63, 3.8) is 0 Å². The number of anilines is 2. The van der Waals surface area contributed by atoms with Crippen LogP contribution in [0, 0.1) is 0 Å². The van der Waals surface area contributed by atoms with Crippen LogP contribution in [-0.2, 0) is 9.84 Å². The Bertz CT molecular complexity index is 573. The van der Waals surface area contributed by atoms with E-state index in [2.05, 4.69) is 10.00 Å². The van der Waals surface area contributed by atoms with E-state index in [1.165, 1.54) is 12.7 Å². The van der Waals surface area contributed by atoms with Gasteiger partial charge in [-0.25, -0.2) is 13.1 Å².